The molecule has 0 bridgehead atoms. The van der Waals surface area contributed by atoms with E-state index in [1.807, 2.05) is 0 Å². The molecule has 2 aromatic carbocycles. The third-order valence-electron chi connectivity index (χ3n) is 5.52. The number of nitrogens with two attached hydrogens (primary N) is 1. The van der Waals surface area contributed by atoms with Crippen LogP contribution in [0.15, 0.2) is 18.2 Å². The van der Waals surface area contributed by atoms with Gasteiger partial charge in [-0.25, -0.2) is 0 Å². The number of carbonyl (C=O) groups is 2. The van der Waals surface area contributed by atoms with Crippen molar-refractivity contribution in [3.63, 3.8) is 0 Å². The topological polar surface area (TPSA) is 100 Å². The average molecular weight is 368 g/mol. The van der Waals surface area contributed by atoms with E-state index >= 15 is 0 Å². The van der Waals surface area contributed by atoms with Crippen molar-refractivity contribution in [1.82, 2.24) is 0 Å². The summed E-state index contributed by atoms with van der Waals surface area (Å²) in [5.74, 6) is -0.969. The second-order valence-corrected chi connectivity index (χ2v) is 7.26. The number of ketones is 2. The van der Waals surface area contributed by atoms with Crippen molar-refractivity contribution in [2.75, 3.05) is 13.7 Å². The Morgan fingerprint density at radius 2 is 1.78 bits per heavy atom. The second-order valence-electron chi connectivity index (χ2n) is 7.26. The number of fused-ring (bicyclic) bond motifs is 2. The normalized spacial score (nSPS) is 18.8. The van der Waals surface area contributed by atoms with Crippen LogP contribution in [0.3, 0.4) is 0 Å². The molecule has 2 aliphatic rings. The van der Waals surface area contributed by atoms with Gasteiger partial charge in [0.15, 0.2) is 5.78 Å². The number of hydrogen-bond donors (Lipinski definition) is 3. The molecule has 1 saturated heterocycles. The molecular weight excluding hydrogens is 346 g/mol. The first-order valence-electron chi connectivity index (χ1n) is 9.14. The van der Waals surface area contributed by atoms with E-state index in [9.17, 15) is 19.8 Å². The summed E-state index contributed by atoms with van der Waals surface area (Å²) in [6.07, 6.45) is 2.98. The summed E-state index contributed by atoms with van der Waals surface area (Å²) < 4.78 is 5.47. The van der Waals surface area contributed by atoms with Crippen molar-refractivity contribution in [2.24, 2.45) is 0 Å². The Morgan fingerprint density at radius 3 is 2.44 bits per heavy atom. The lowest BCUT2D eigenvalue weighted by Gasteiger charge is -2.26. The van der Waals surface area contributed by atoms with E-state index < -0.39 is 11.6 Å². The van der Waals surface area contributed by atoms with Gasteiger partial charge in [0.05, 0.1) is 30.3 Å². The summed E-state index contributed by atoms with van der Waals surface area (Å²) in [4.78, 5) is 26.1. The van der Waals surface area contributed by atoms with Crippen LogP contribution in [0.4, 0.5) is 0 Å². The fourth-order valence-electron chi connectivity index (χ4n) is 4.26. The lowest BCUT2D eigenvalue weighted by Crippen LogP contribution is -2.86. The van der Waals surface area contributed by atoms with Gasteiger partial charge in [0.2, 0.25) is 5.78 Å². The predicted molar refractivity (Wildman–Crippen MR) is 97.8 cm³/mol. The molecule has 6 nitrogen and oxygen atoms in total. The standard InChI is InChI=1S/C21H21NO5/c1-10-7-11-16(14(23)8-10)20(25)17-12(19(11)24)9-15(27-2)18(21(17)26)13-5-3-4-6-22-13/h7-9,13,22-23,26H,3-6H2,1-2H3/p+1. The molecule has 1 heterocycles. The molecule has 0 radical (unpaired) electrons. The Hall–Kier alpha value is -2.86. The molecule has 140 valence electrons. The molecule has 27 heavy (non-hydrogen) atoms. The van der Waals surface area contributed by atoms with E-state index in [2.05, 4.69) is 5.32 Å². The van der Waals surface area contributed by atoms with Crippen molar-refractivity contribution in [3.8, 4) is 17.2 Å². The van der Waals surface area contributed by atoms with Crippen molar-refractivity contribution in [2.45, 2.75) is 32.2 Å². The Kier molecular flexibility index (Phi) is 4.15. The van der Waals surface area contributed by atoms with Gasteiger partial charge in [-0.15, -0.1) is 0 Å². The number of carbonyl (C=O) groups excluding carboxylic acids is 2. The number of phenols is 2. The number of piperidine rings is 1. The molecule has 1 unspecified atom stereocenters. The minimum atomic E-state index is -0.533. The monoisotopic (exact) mass is 368 g/mol. The fourth-order valence-corrected chi connectivity index (χ4v) is 4.26. The molecule has 1 fully saturated rings. The largest absolute Gasteiger partial charge is 0.507 e. The molecule has 1 aliphatic heterocycles. The maximum absolute atomic E-state index is 13.1. The van der Waals surface area contributed by atoms with Crippen molar-refractivity contribution in [3.05, 3.63) is 51.6 Å². The SMILES string of the molecule is COc1cc2c(c(O)c1C1CCCC[NH2+]1)C(=O)c1c(O)cc(C)cc1C2=O. The van der Waals surface area contributed by atoms with Crippen molar-refractivity contribution < 1.29 is 29.9 Å². The molecule has 4 rings (SSSR count). The van der Waals surface area contributed by atoms with Gasteiger partial charge in [0.1, 0.15) is 23.3 Å². The predicted octanol–water partition coefficient (Wildman–Crippen LogP) is 1.98. The van der Waals surface area contributed by atoms with Crippen LogP contribution in [0.5, 0.6) is 17.2 Å². The van der Waals surface area contributed by atoms with Crippen LogP contribution in [0, 0.1) is 6.92 Å². The highest BCUT2D eigenvalue weighted by molar-refractivity contribution is 6.30. The highest BCUT2D eigenvalue weighted by atomic mass is 16.5. The highest BCUT2D eigenvalue weighted by Gasteiger charge is 2.38. The highest BCUT2D eigenvalue weighted by Crippen LogP contribution is 2.44. The van der Waals surface area contributed by atoms with Gasteiger partial charge in [-0.05, 0) is 43.5 Å². The minimum absolute atomic E-state index is 0.0325. The van der Waals surface area contributed by atoms with Crippen LogP contribution in [-0.2, 0) is 0 Å². The molecule has 4 N–H and O–H groups in total. The third kappa shape index (κ3) is 2.59. The molecule has 0 aromatic heterocycles. The summed E-state index contributed by atoms with van der Waals surface area (Å²) in [7, 11) is 1.49. The number of quaternary nitrogens is 1. The maximum atomic E-state index is 13.1. The van der Waals surface area contributed by atoms with Gasteiger partial charge in [0.25, 0.3) is 0 Å². The van der Waals surface area contributed by atoms with Crippen LogP contribution in [-0.4, -0.2) is 35.4 Å². The van der Waals surface area contributed by atoms with Crippen LogP contribution < -0.4 is 10.1 Å². The Balaban J connectivity index is 1.96. The van der Waals surface area contributed by atoms with E-state index in [0.717, 1.165) is 25.8 Å². The van der Waals surface area contributed by atoms with E-state index in [4.69, 9.17) is 4.74 Å². The molecule has 1 atom stereocenters. The van der Waals surface area contributed by atoms with E-state index in [-0.39, 0.29) is 39.8 Å². The van der Waals surface area contributed by atoms with Gasteiger partial charge >= 0.3 is 0 Å². The number of aryl methyl sites for hydroxylation is 1. The zero-order valence-corrected chi connectivity index (χ0v) is 15.3. The molecule has 2 aromatic rings. The van der Waals surface area contributed by atoms with Crippen LogP contribution in [0.1, 0.15) is 68.3 Å². The fraction of sp³-hybridized carbons (Fsp3) is 0.333. The van der Waals surface area contributed by atoms with Gasteiger partial charge in [-0.2, -0.15) is 0 Å². The van der Waals surface area contributed by atoms with Gasteiger partial charge in [-0.1, -0.05) is 0 Å². The van der Waals surface area contributed by atoms with Crippen LogP contribution >= 0.6 is 0 Å². The number of methoxy groups -OCH3 is 1. The van der Waals surface area contributed by atoms with Crippen LogP contribution in [0.25, 0.3) is 0 Å². The molecule has 6 heteroatoms. The third-order valence-corrected chi connectivity index (χ3v) is 5.52. The first kappa shape index (κ1) is 17.5. The quantitative estimate of drug-likeness (QED) is 0.642. The molecule has 0 spiro atoms. The first-order valence-corrected chi connectivity index (χ1v) is 9.14. The summed E-state index contributed by atoms with van der Waals surface area (Å²) >= 11 is 0. The summed E-state index contributed by atoms with van der Waals surface area (Å²) in [6.45, 7) is 2.67. The van der Waals surface area contributed by atoms with Crippen molar-refractivity contribution >= 4 is 11.6 Å². The number of aromatic hydroxyl groups is 2. The van der Waals surface area contributed by atoms with Gasteiger partial charge in [0, 0.05) is 17.5 Å². The Bertz CT molecular complexity index is 973. The maximum Gasteiger partial charge on any atom is 0.201 e. The van der Waals surface area contributed by atoms with E-state index in [1.165, 1.54) is 13.2 Å². The van der Waals surface area contributed by atoms with Gasteiger partial charge in [-0.3, -0.25) is 9.59 Å². The molecule has 1 aliphatic carbocycles. The first-order chi connectivity index (χ1) is 12.9. The lowest BCUT2D eigenvalue weighted by molar-refractivity contribution is -0.704. The van der Waals surface area contributed by atoms with Gasteiger partial charge < -0.3 is 20.3 Å². The Morgan fingerprint density at radius 1 is 1.04 bits per heavy atom. The summed E-state index contributed by atoms with van der Waals surface area (Å²) in [5, 5.41) is 23.4. The average Bonchev–Trinajstić information content (AvgIpc) is 2.65. The number of hydrogen-bond acceptors (Lipinski definition) is 5. The van der Waals surface area contributed by atoms with E-state index in [1.54, 1.807) is 19.1 Å². The zero-order chi connectivity index (χ0) is 19.3. The molecule has 0 saturated carbocycles. The molecular formula is C21H22NO5+. The van der Waals surface area contributed by atoms with Crippen LogP contribution in [0.2, 0.25) is 0 Å². The van der Waals surface area contributed by atoms with E-state index in [0.29, 0.717) is 16.9 Å². The molecule has 0 amide bonds. The Labute approximate surface area is 156 Å². The number of rotatable bonds is 2. The number of phenolic OH excluding ortho intramolecular Hbond substituents is 2. The second kappa shape index (κ2) is 6.39. The number of ether oxygens (including phenoxy) is 1. The lowest BCUT2D eigenvalue weighted by atomic mass is 9.80. The minimum Gasteiger partial charge on any atom is -0.507 e. The van der Waals surface area contributed by atoms with Crippen molar-refractivity contribution in [1.29, 1.82) is 0 Å². The zero-order valence-electron chi connectivity index (χ0n) is 15.3. The number of benzene rings is 2. The summed E-state index contributed by atoms with van der Waals surface area (Å²) in [6, 6.07) is 4.56. The summed E-state index contributed by atoms with van der Waals surface area (Å²) in [5.41, 5.74) is 1.42. The smallest absolute Gasteiger partial charge is 0.201 e.